The molecular formula is C25H34FN3O4. The van der Waals surface area contributed by atoms with Crippen LogP contribution in [0.15, 0.2) is 29.1 Å². The summed E-state index contributed by atoms with van der Waals surface area (Å²) >= 11 is 0. The van der Waals surface area contributed by atoms with Crippen molar-refractivity contribution in [2.24, 2.45) is 5.92 Å². The van der Waals surface area contributed by atoms with Crippen molar-refractivity contribution in [1.82, 2.24) is 14.8 Å². The first kappa shape index (κ1) is 23.9. The number of benzene rings is 1. The molecule has 0 saturated carbocycles. The number of halogens is 1. The molecule has 2 aromatic rings. The fraction of sp³-hybridized carbons (Fsp3) is 0.600. The zero-order chi connectivity index (χ0) is 23.6. The number of amides is 1. The summed E-state index contributed by atoms with van der Waals surface area (Å²) in [6, 6.07) is 5.78. The highest BCUT2D eigenvalue weighted by atomic mass is 19.1. The molecule has 0 radical (unpaired) electrons. The van der Waals surface area contributed by atoms with E-state index in [4.69, 9.17) is 4.74 Å². The van der Waals surface area contributed by atoms with Crippen molar-refractivity contribution in [2.45, 2.75) is 51.2 Å². The maximum absolute atomic E-state index is 14.4. The smallest absolute Gasteiger partial charge is 0.264 e. The third-order valence-electron chi connectivity index (χ3n) is 6.99. The Balaban J connectivity index is 1.38. The fourth-order valence-corrected chi connectivity index (χ4v) is 5.01. The second-order valence-corrected chi connectivity index (χ2v) is 9.77. The van der Waals surface area contributed by atoms with Gasteiger partial charge in [0.15, 0.2) is 0 Å². The second-order valence-electron chi connectivity index (χ2n) is 9.77. The highest BCUT2D eigenvalue weighted by molar-refractivity contribution is 5.97. The first-order chi connectivity index (χ1) is 15.8. The number of hydrogen-bond acceptors (Lipinski definition) is 5. The molecule has 0 unspecified atom stereocenters. The molecule has 0 aliphatic carbocycles. The monoisotopic (exact) mass is 459 g/mol. The van der Waals surface area contributed by atoms with Crippen molar-refractivity contribution >= 4 is 16.8 Å². The van der Waals surface area contributed by atoms with Gasteiger partial charge in [-0.2, -0.15) is 0 Å². The lowest BCUT2D eigenvalue weighted by Gasteiger charge is -2.39. The molecule has 7 nitrogen and oxygen atoms in total. The van der Waals surface area contributed by atoms with Gasteiger partial charge < -0.3 is 24.6 Å². The first-order valence-electron chi connectivity index (χ1n) is 11.9. The summed E-state index contributed by atoms with van der Waals surface area (Å²) in [5.74, 6) is -0.605. The number of likely N-dealkylation sites (tertiary alicyclic amines) is 1. The fourth-order valence-electron chi connectivity index (χ4n) is 5.01. The Labute approximate surface area is 193 Å². The van der Waals surface area contributed by atoms with Crippen LogP contribution in [0.1, 0.15) is 55.9 Å². The van der Waals surface area contributed by atoms with Crippen molar-refractivity contribution in [2.75, 3.05) is 39.4 Å². The third kappa shape index (κ3) is 5.28. The van der Waals surface area contributed by atoms with Gasteiger partial charge in [-0.05, 0) is 63.9 Å². The van der Waals surface area contributed by atoms with E-state index in [9.17, 15) is 19.1 Å². The Morgan fingerprint density at radius 3 is 2.64 bits per heavy atom. The number of aromatic nitrogens is 1. The van der Waals surface area contributed by atoms with Gasteiger partial charge in [0, 0.05) is 50.6 Å². The standard InChI is InChI=1S/C25H34FN3O4/c1-17(2)29-22-5-3-4-21(26)19(22)14-20(24(29)31)23(30)27-15-18-6-10-28(11-7-18)16-25(32)8-12-33-13-9-25/h3-5,14,17-18,32H,6-13,15-16H2,1-2H3,(H,27,30). The first-order valence-corrected chi connectivity index (χ1v) is 11.9. The molecule has 3 heterocycles. The number of hydrogen-bond donors (Lipinski definition) is 2. The van der Waals surface area contributed by atoms with E-state index in [-0.39, 0.29) is 17.0 Å². The topological polar surface area (TPSA) is 83.8 Å². The Morgan fingerprint density at radius 1 is 1.27 bits per heavy atom. The van der Waals surface area contributed by atoms with E-state index in [1.807, 2.05) is 13.8 Å². The predicted molar refractivity (Wildman–Crippen MR) is 125 cm³/mol. The lowest BCUT2D eigenvalue weighted by atomic mass is 9.91. The predicted octanol–water partition coefficient (Wildman–Crippen LogP) is 2.70. The maximum Gasteiger partial charge on any atom is 0.264 e. The number of pyridine rings is 1. The van der Waals surface area contributed by atoms with E-state index in [0.29, 0.717) is 50.6 Å². The summed E-state index contributed by atoms with van der Waals surface area (Å²) in [5, 5.41) is 13.9. The van der Waals surface area contributed by atoms with Crippen LogP contribution in [0.3, 0.4) is 0 Å². The molecule has 0 atom stereocenters. The summed E-state index contributed by atoms with van der Waals surface area (Å²) in [7, 11) is 0. The molecule has 0 bridgehead atoms. The molecule has 1 amide bonds. The van der Waals surface area contributed by atoms with Crippen LogP contribution in [0.5, 0.6) is 0 Å². The minimum atomic E-state index is -0.666. The van der Waals surface area contributed by atoms with Crippen LogP contribution in [0.25, 0.3) is 10.9 Å². The molecule has 2 N–H and O–H groups in total. The third-order valence-corrected chi connectivity index (χ3v) is 6.99. The summed E-state index contributed by atoms with van der Waals surface area (Å²) in [5.41, 5.74) is -0.605. The maximum atomic E-state index is 14.4. The van der Waals surface area contributed by atoms with E-state index in [0.717, 1.165) is 25.9 Å². The number of β-amino-alcohol motifs (C(OH)–C–C–N with tert-alkyl or cyclic N) is 1. The van der Waals surface area contributed by atoms with Crippen LogP contribution in [0.2, 0.25) is 0 Å². The van der Waals surface area contributed by atoms with Crippen LogP contribution in [0, 0.1) is 11.7 Å². The number of nitrogens with zero attached hydrogens (tertiary/aromatic N) is 2. The quantitative estimate of drug-likeness (QED) is 0.694. The van der Waals surface area contributed by atoms with Gasteiger partial charge >= 0.3 is 0 Å². The van der Waals surface area contributed by atoms with Crippen LogP contribution in [-0.4, -0.2) is 65.5 Å². The van der Waals surface area contributed by atoms with E-state index < -0.39 is 22.9 Å². The Bertz CT molecular complexity index is 1050. The van der Waals surface area contributed by atoms with Crippen LogP contribution in [-0.2, 0) is 4.74 Å². The summed E-state index contributed by atoms with van der Waals surface area (Å²) in [6.45, 7) is 7.77. The molecule has 2 aliphatic heterocycles. The zero-order valence-corrected chi connectivity index (χ0v) is 19.5. The van der Waals surface area contributed by atoms with Crippen molar-refractivity contribution in [1.29, 1.82) is 0 Å². The van der Waals surface area contributed by atoms with E-state index in [2.05, 4.69) is 10.2 Å². The van der Waals surface area contributed by atoms with Crippen LogP contribution < -0.4 is 10.9 Å². The Morgan fingerprint density at radius 2 is 1.97 bits per heavy atom. The molecule has 180 valence electrons. The zero-order valence-electron chi connectivity index (χ0n) is 19.5. The van der Waals surface area contributed by atoms with Gasteiger partial charge in [0.2, 0.25) is 0 Å². The van der Waals surface area contributed by atoms with Crippen molar-refractivity contribution < 1.29 is 19.0 Å². The largest absolute Gasteiger partial charge is 0.388 e. The molecule has 1 aromatic carbocycles. The Hall–Kier alpha value is -2.29. The number of nitrogens with one attached hydrogen (secondary N) is 1. The highest BCUT2D eigenvalue weighted by Gasteiger charge is 2.33. The molecule has 2 aliphatic rings. The lowest BCUT2D eigenvalue weighted by Crippen LogP contribution is -2.49. The number of piperidine rings is 1. The lowest BCUT2D eigenvalue weighted by molar-refractivity contribution is -0.0829. The van der Waals surface area contributed by atoms with Gasteiger partial charge in [0.25, 0.3) is 11.5 Å². The van der Waals surface area contributed by atoms with Gasteiger partial charge in [-0.3, -0.25) is 9.59 Å². The molecule has 1 aromatic heterocycles. The molecule has 33 heavy (non-hydrogen) atoms. The van der Waals surface area contributed by atoms with E-state index in [1.54, 1.807) is 12.1 Å². The Kier molecular flexibility index (Phi) is 7.16. The molecule has 8 heteroatoms. The molecule has 2 saturated heterocycles. The SMILES string of the molecule is CC(C)n1c(=O)c(C(=O)NCC2CCN(CC3(O)CCOCC3)CC2)cc2c(F)cccc21. The number of carbonyl (C=O) groups is 1. The highest BCUT2D eigenvalue weighted by Crippen LogP contribution is 2.25. The van der Waals surface area contributed by atoms with Crippen molar-refractivity contribution in [3.63, 3.8) is 0 Å². The summed E-state index contributed by atoms with van der Waals surface area (Å²) in [4.78, 5) is 28.2. The van der Waals surface area contributed by atoms with Crippen molar-refractivity contribution in [3.05, 3.63) is 46.0 Å². The number of ether oxygens (including phenoxy) is 1. The molecule has 0 spiro atoms. The number of rotatable bonds is 6. The van der Waals surface area contributed by atoms with Crippen LogP contribution in [0.4, 0.5) is 4.39 Å². The van der Waals surface area contributed by atoms with Gasteiger partial charge in [-0.15, -0.1) is 0 Å². The molecule has 4 rings (SSSR count). The molecule has 2 fully saturated rings. The summed E-state index contributed by atoms with van der Waals surface area (Å²) in [6.07, 6.45) is 3.16. The van der Waals surface area contributed by atoms with Gasteiger partial charge in [-0.25, -0.2) is 4.39 Å². The second kappa shape index (κ2) is 9.91. The van der Waals surface area contributed by atoms with E-state index >= 15 is 0 Å². The average molecular weight is 460 g/mol. The number of fused-ring (bicyclic) bond motifs is 1. The van der Waals surface area contributed by atoms with Gasteiger partial charge in [-0.1, -0.05) is 6.07 Å². The number of carbonyl (C=O) groups excluding carboxylic acids is 1. The van der Waals surface area contributed by atoms with Gasteiger partial charge in [0.1, 0.15) is 11.4 Å². The average Bonchev–Trinajstić information content (AvgIpc) is 2.78. The number of aliphatic hydroxyl groups is 1. The summed E-state index contributed by atoms with van der Waals surface area (Å²) < 4.78 is 21.3. The van der Waals surface area contributed by atoms with Crippen molar-refractivity contribution in [3.8, 4) is 0 Å². The van der Waals surface area contributed by atoms with Gasteiger partial charge in [0.05, 0.1) is 11.1 Å². The van der Waals surface area contributed by atoms with E-state index in [1.165, 1.54) is 16.7 Å². The minimum Gasteiger partial charge on any atom is -0.388 e. The minimum absolute atomic E-state index is 0.0273. The normalized spacial score (nSPS) is 19.8. The van der Waals surface area contributed by atoms with Crippen LogP contribution >= 0.6 is 0 Å². The molecular weight excluding hydrogens is 425 g/mol.